The second kappa shape index (κ2) is 5.39. The fourth-order valence-electron chi connectivity index (χ4n) is 1.38. The Morgan fingerprint density at radius 1 is 1.47 bits per heavy atom. The van der Waals surface area contributed by atoms with Crippen LogP contribution < -0.4 is 11.1 Å². The summed E-state index contributed by atoms with van der Waals surface area (Å²) in [6, 6.07) is 5.78. The van der Waals surface area contributed by atoms with E-state index in [1.54, 1.807) is 0 Å². The fourth-order valence-corrected chi connectivity index (χ4v) is 1.38. The number of nitrogens with two attached hydrogens (primary N) is 1. The molecule has 0 unspecified atom stereocenters. The summed E-state index contributed by atoms with van der Waals surface area (Å²) >= 11 is 0. The lowest BCUT2D eigenvalue weighted by Crippen LogP contribution is -2.25. The van der Waals surface area contributed by atoms with E-state index in [0.29, 0.717) is 12.1 Å². The fraction of sp³-hybridized carbons (Fsp3) is 0.417. The van der Waals surface area contributed by atoms with Crippen LogP contribution in [0.15, 0.2) is 18.2 Å². The Bertz CT molecular complexity index is 347. The number of carbonyl (C=O) groups excluding carboxylic acids is 1. The summed E-state index contributed by atoms with van der Waals surface area (Å²) in [6.07, 6.45) is 1.32. The van der Waals surface area contributed by atoms with Gasteiger partial charge in [0.2, 0.25) is 5.91 Å². The highest BCUT2D eigenvalue weighted by atomic mass is 16.1. The number of hydrogen-bond acceptors (Lipinski definition) is 2. The van der Waals surface area contributed by atoms with Crippen molar-refractivity contribution in [3.63, 3.8) is 0 Å². The van der Waals surface area contributed by atoms with Crippen molar-refractivity contribution >= 4 is 11.6 Å². The van der Waals surface area contributed by atoms with Crippen LogP contribution in [0.4, 0.5) is 5.69 Å². The monoisotopic (exact) mass is 206 g/mol. The molecule has 1 amide bonds. The molecule has 0 aromatic heterocycles. The molecule has 0 saturated carbocycles. The summed E-state index contributed by atoms with van der Waals surface area (Å²) in [5.74, 6) is 0.0346. The summed E-state index contributed by atoms with van der Waals surface area (Å²) in [7, 11) is 0. The van der Waals surface area contributed by atoms with Crippen LogP contribution in [0.25, 0.3) is 0 Å². The maximum Gasteiger partial charge on any atom is 0.224 e. The second-order valence-corrected chi connectivity index (χ2v) is 3.73. The number of anilines is 1. The third kappa shape index (κ3) is 3.62. The minimum atomic E-state index is 0.0346. The van der Waals surface area contributed by atoms with Crippen LogP contribution in [0.1, 0.15) is 24.5 Å². The zero-order chi connectivity index (χ0) is 11.3. The number of hydrogen-bond donors (Lipinski definition) is 2. The van der Waals surface area contributed by atoms with Crippen LogP contribution >= 0.6 is 0 Å². The number of amides is 1. The maximum atomic E-state index is 11.4. The molecule has 0 aliphatic carbocycles. The molecule has 82 valence electrons. The van der Waals surface area contributed by atoms with Gasteiger partial charge in [0, 0.05) is 12.2 Å². The quantitative estimate of drug-likeness (QED) is 0.736. The second-order valence-electron chi connectivity index (χ2n) is 3.73. The molecule has 1 aromatic rings. The van der Waals surface area contributed by atoms with Crippen LogP contribution in [0.3, 0.4) is 0 Å². The average Bonchev–Trinajstić information content (AvgIpc) is 2.19. The van der Waals surface area contributed by atoms with E-state index in [-0.39, 0.29) is 5.91 Å². The lowest BCUT2D eigenvalue weighted by Gasteiger charge is -2.07. The molecule has 0 atom stereocenters. The first-order valence-electron chi connectivity index (χ1n) is 5.25. The molecule has 0 aliphatic heterocycles. The van der Waals surface area contributed by atoms with Gasteiger partial charge in [-0.2, -0.15) is 0 Å². The Morgan fingerprint density at radius 2 is 2.20 bits per heavy atom. The maximum absolute atomic E-state index is 11.4. The van der Waals surface area contributed by atoms with E-state index in [1.807, 2.05) is 32.0 Å². The van der Waals surface area contributed by atoms with Gasteiger partial charge in [-0.3, -0.25) is 4.79 Å². The Hall–Kier alpha value is -1.51. The third-order valence-electron chi connectivity index (χ3n) is 2.22. The Labute approximate surface area is 90.7 Å². The van der Waals surface area contributed by atoms with Crippen LogP contribution in [-0.4, -0.2) is 12.5 Å². The molecule has 3 nitrogen and oxygen atoms in total. The van der Waals surface area contributed by atoms with Crippen molar-refractivity contribution in [2.45, 2.75) is 26.7 Å². The largest absolute Gasteiger partial charge is 0.398 e. The lowest BCUT2D eigenvalue weighted by molar-refractivity contribution is -0.120. The van der Waals surface area contributed by atoms with E-state index in [9.17, 15) is 4.79 Å². The topological polar surface area (TPSA) is 55.1 Å². The zero-order valence-electron chi connectivity index (χ0n) is 9.34. The minimum Gasteiger partial charge on any atom is -0.398 e. The molecule has 0 fully saturated rings. The first-order chi connectivity index (χ1) is 7.13. The van der Waals surface area contributed by atoms with Crippen LogP contribution in [0.2, 0.25) is 0 Å². The number of aryl methyl sites for hydroxylation is 1. The van der Waals surface area contributed by atoms with Gasteiger partial charge in [-0.05, 0) is 30.5 Å². The molecule has 0 saturated heterocycles. The summed E-state index contributed by atoms with van der Waals surface area (Å²) in [5.41, 5.74) is 8.53. The molecule has 15 heavy (non-hydrogen) atoms. The zero-order valence-corrected chi connectivity index (χ0v) is 9.34. The van der Waals surface area contributed by atoms with E-state index in [1.165, 1.54) is 0 Å². The average molecular weight is 206 g/mol. The molecule has 1 aromatic carbocycles. The predicted octanol–water partition coefficient (Wildman–Crippen LogP) is 1.65. The van der Waals surface area contributed by atoms with Gasteiger partial charge in [0.05, 0.1) is 6.42 Å². The highest BCUT2D eigenvalue weighted by Gasteiger charge is 2.05. The standard InChI is InChI=1S/C12H18N2O/c1-3-6-14-12(15)8-10-5-4-9(2)7-11(10)13/h4-5,7H,3,6,8,13H2,1-2H3,(H,14,15). The predicted molar refractivity (Wildman–Crippen MR) is 62.6 cm³/mol. The van der Waals surface area contributed by atoms with Gasteiger partial charge in [-0.25, -0.2) is 0 Å². The van der Waals surface area contributed by atoms with Crippen LogP contribution in [0.5, 0.6) is 0 Å². The highest BCUT2D eigenvalue weighted by molar-refractivity contribution is 5.80. The van der Waals surface area contributed by atoms with Gasteiger partial charge < -0.3 is 11.1 Å². The molecular weight excluding hydrogens is 188 g/mol. The third-order valence-corrected chi connectivity index (χ3v) is 2.22. The molecule has 0 bridgehead atoms. The van der Waals surface area contributed by atoms with E-state index in [2.05, 4.69) is 5.32 Å². The van der Waals surface area contributed by atoms with Crippen molar-refractivity contribution in [3.8, 4) is 0 Å². The molecule has 1 rings (SSSR count). The van der Waals surface area contributed by atoms with E-state index >= 15 is 0 Å². The van der Waals surface area contributed by atoms with E-state index in [4.69, 9.17) is 5.73 Å². The first-order valence-corrected chi connectivity index (χ1v) is 5.25. The summed E-state index contributed by atoms with van der Waals surface area (Å²) in [5, 5.41) is 2.83. The Kier molecular flexibility index (Phi) is 4.16. The van der Waals surface area contributed by atoms with E-state index in [0.717, 1.165) is 24.1 Å². The van der Waals surface area contributed by atoms with Crippen molar-refractivity contribution in [1.29, 1.82) is 0 Å². The summed E-state index contributed by atoms with van der Waals surface area (Å²) in [6.45, 7) is 4.74. The number of rotatable bonds is 4. The Morgan fingerprint density at radius 3 is 2.80 bits per heavy atom. The van der Waals surface area contributed by atoms with Gasteiger partial charge >= 0.3 is 0 Å². The smallest absolute Gasteiger partial charge is 0.224 e. The van der Waals surface area contributed by atoms with Crippen molar-refractivity contribution in [2.75, 3.05) is 12.3 Å². The molecular formula is C12H18N2O. The number of benzene rings is 1. The molecule has 0 aliphatic rings. The van der Waals surface area contributed by atoms with Gasteiger partial charge in [0.1, 0.15) is 0 Å². The number of nitrogens with one attached hydrogen (secondary N) is 1. The molecule has 3 N–H and O–H groups in total. The lowest BCUT2D eigenvalue weighted by atomic mass is 10.1. The Balaban J connectivity index is 2.60. The van der Waals surface area contributed by atoms with Gasteiger partial charge in [0.25, 0.3) is 0 Å². The number of nitrogen functional groups attached to an aromatic ring is 1. The summed E-state index contributed by atoms with van der Waals surface area (Å²) < 4.78 is 0. The summed E-state index contributed by atoms with van der Waals surface area (Å²) in [4.78, 5) is 11.4. The number of carbonyl (C=O) groups is 1. The van der Waals surface area contributed by atoms with Crippen molar-refractivity contribution in [3.05, 3.63) is 29.3 Å². The van der Waals surface area contributed by atoms with Crippen molar-refractivity contribution in [2.24, 2.45) is 0 Å². The normalized spacial score (nSPS) is 10.0. The van der Waals surface area contributed by atoms with E-state index < -0.39 is 0 Å². The van der Waals surface area contributed by atoms with Gasteiger partial charge in [-0.1, -0.05) is 19.1 Å². The molecule has 0 spiro atoms. The van der Waals surface area contributed by atoms with Crippen LogP contribution in [0, 0.1) is 6.92 Å². The molecule has 0 heterocycles. The SMILES string of the molecule is CCCNC(=O)Cc1ccc(C)cc1N. The first kappa shape index (κ1) is 11.6. The molecule has 3 heteroatoms. The van der Waals surface area contributed by atoms with Crippen molar-refractivity contribution < 1.29 is 4.79 Å². The van der Waals surface area contributed by atoms with Crippen molar-refractivity contribution in [1.82, 2.24) is 5.32 Å². The highest BCUT2D eigenvalue weighted by Crippen LogP contribution is 2.14. The molecule has 0 radical (unpaired) electrons. The van der Waals surface area contributed by atoms with Gasteiger partial charge in [0.15, 0.2) is 0 Å². The van der Waals surface area contributed by atoms with Crippen LogP contribution in [-0.2, 0) is 11.2 Å². The minimum absolute atomic E-state index is 0.0346. The van der Waals surface area contributed by atoms with Gasteiger partial charge in [-0.15, -0.1) is 0 Å².